The molecule has 0 aliphatic carbocycles. The molecule has 8 nitrogen and oxygen atoms in total. The lowest BCUT2D eigenvalue weighted by molar-refractivity contribution is -0.114. The predicted molar refractivity (Wildman–Crippen MR) is 83.4 cm³/mol. The minimum absolute atomic E-state index is 0.149. The number of rotatable bonds is 2. The molecule has 9 heteroatoms. The van der Waals surface area contributed by atoms with Crippen LogP contribution in [0.2, 0.25) is 0 Å². The average Bonchev–Trinajstić information content (AvgIpc) is 3.03. The van der Waals surface area contributed by atoms with Gasteiger partial charge in [0.1, 0.15) is 10.5 Å². The zero-order valence-corrected chi connectivity index (χ0v) is 13.8. The standard InChI is InChI=1S/C14H18N4O4S/c1-9(19)16-12-15-6-10(23-12)11(20)18-5-3-4-14(8-18)7-17(2)13(21)22-14/h6H,3-5,7-8H2,1-2H3,(H,15,16,19). The molecule has 1 unspecified atom stereocenters. The number of hydrogen-bond acceptors (Lipinski definition) is 6. The van der Waals surface area contributed by atoms with Gasteiger partial charge in [0.15, 0.2) is 5.13 Å². The van der Waals surface area contributed by atoms with Crippen LogP contribution >= 0.6 is 11.3 Å². The van der Waals surface area contributed by atoms with Crippen LogP contribution in [-0.2, 0) is 9.53 Å². The molecule has 0 aromatic carbocycles. The van der Waals surface area contributed by atoms with E-state index < -0.39 is 5.60 Å². The van der Waals surface area contributed by atoms with Crippen LogP contribution in [0.15, 0.2) is 6.20 Å². The largest absolute Gasteiger partial charge is 0.439 e. The van der Waals surface area contributed by atoms with Crippen LogP contribution in [0.4, 0.5) is 9.93 Å². The number of likely N-dealkylation sites (tertiary alicyclic amines) is 1. The summed E-state index contributed by atoms with van der Waals surface area (Å²) in [5.74, 6) is -0.375. The second-order valence-corrected chi connectivity index (χ2v) is 6.98. The molecule has 3 rings (SSSR count). The van der Waals surface area contributed by atoms with Gasteiger partial charge in [-0.3, -0.25) is 9.59 Å². The highest BCUT2D eigenvalue weighted by Gasteiger charge is 2.47. The Morgan fingerprint density at radius 1 is 1.43 bits per heavy atom. The fourth-order valence-electron chi connectivity index (χ4n) is 3.01. The molecule has 2 aliphatic rings. The normalized spacial score (nSPS) is 24.0. The van der Waals surface area contributed by atoms with Gasteiger partial charge in [0.05, 0.1) is 19.3 Å². The minimum Gasteiger partial charge on any atom is -0.439 e. The Hall–Kier alpha value is -2.16. The summed E-state index contributed by atoms with van der Waals surface area (Å²) >= 11 is 1.14. The SMILES string of the molecule is CC(=O)Nc1ncc(C(=O)N2CCCC3(CN(C)C(=O)O3)C2)s1. The first-order chi connectivity index (χ1) is 10.9. The van der Waals surface area contributed by atoms with Crippen LogP contribution in [0.25, 0.3) is 0 Å². The van der Waals surface area contributed by atoms with E-state index in [-0.39, 0.29) is 17.9 Å². The summed E-state index contributed by atoms with van der Waals surface area (Å²) in [7, 11) is 1.70. The first kappa shape index (κ1) is 15.7. The van der Waals surface area contributed by atoms with Crippen molar-refractivity contribution in [2.24, 2.45) is 0 Å². The molecule has 3 heterocycles. The van der Waals surface area contributed by atoms with Gasteiger partial charge in [0, 0.05) is 20.5 Å². The van der Waals surface area contributed by atoms with Crippen molar-refractivity contribution in [2.75, 3.05) is 32.0 Å². The molecule has 1 aromatic rings. The van der Waals surface area contributed by atoms with E-state index in [4.69, 9.17) is 4.74 Å². The van der Waals surface area contributed by atoms with Crippen LogP contribution in [0.1, 0.15) is 29.4 Å². The highest BCUT2D eigenvalue weighted by atomic mass is 32.1. The van der Waals surface area contributed by atoms with Gasteiger partial charge in [-0.15, -0.1) is 0 Å². The monoisotopic (exact) mass is 338 g/mol. The van der Waals surface area contributed by atoms with Crippen LogP contribution in [-0.4, -0.2) is 65.0 Å². The van der Waals surface area contributed by atoms with E-state index in [2.05, 4.69) is 10.3 Å². The molecule has 2 fully saturated rings. The number of amides is 3. The summed E-state index contributed by atoms with van der Waals surface area (Å²) in [4.78, 5) is 43.0. The fraction of sp³-hybridized carbons (Fsp3) is 0.571. The number of aromatic nitrogens is 1. The number of likely N-dealkylation sites (N-methyl/N-ethyl adjacent to an activating group) is 1. The number of ether oxygens (including phenoxy) is 1. The van der Waals surface area contributed by atoms with Crippen molar-refractivity contribution in [2.45, 2.75) is 25.4 Å². The maximum Gasteiger partial charge on any atom is 0.410 e. The van der Waals surface area contributed by atoms with Crippen LogP contribution < -0.4 is 5.32 Å². The van der Waals surface area contributed by atoms with Crippen molar-refractivity contribution in [3.63, 3.8) is 0 Å². The Kier molecular flexibility index (Phi) is 3.97. The lowest BCUT2D eigenvalue weighted by Crippen LogP contribution is -2.52. The number of carbonyl (C=O) groups is 3. The number of nitrogens with one attached hydrogen (secondary N) is 1. The van der Waals surface area contributed by atoms with Crippen molar-refractivity contribution in [1.29, 1.82) is 0 Å². The Morgan fingerprint density at radius 2 is 2.22 bits per heavy atom. The number of carbonyl (C=O) groups excluding carboxylic acids is 3. The van der Waals surface area contributed by atoms with Gasteiger partial charge in [-0.25, -0.2) is 9.78 Å². The first-order valence-corrected chi connectivity index (χ1v) is 8.17. The third-order valence-corrected chi connectivity index (χ3v) is 4.87. The highest BCUT2D eigenvalue weighted by molar-refractivity contribution is 7.17. The summed E-state index contributed by atoms with van der Waals surface area (Å²) < 4.78 is 5.50. The molecule has 2 saturated heterocycles. The summed E-state index contributed by atoms with van der Waals surface area (Å²) in [5.41, 5.74) is -0.606. The molecular formula is C14H18N4O4S. The smallest absolute Gasteiger partial charge is 0.410 e. The minimum atomic E-state index is -0.606. The Labute approximate surface area is 137 Å². The van der Waals surface area contributed by atoms with E-state index in [1.54, 1.807) is 11.9 Å². The van der Waals surface area contributed by atoms with E-state index in [1.165, 1.54) is 18.0 Å². The molecule has 23 heavy (non-hydrogen) atoms. The molecule has 1 N–H and O–H groups in total. The summed E-state index contributed by atoms with van der Waals surface area (Å²) in [6.45, 7) is 2.89. The van der Waals surface area contributed by atoms with E-state index >= 15 is 0 Å². The van der Waals surface area contributed by atoms with Gasteiger partial charge in [0.2, 0.25) is 5.91 Å². The van der Waals surface area contributed by atoms with E-state index in [1.807, 2.05) is 0 Å². The van der Waals surface area contributed by atoms with Crippen molar-refractivity contribution in [3.8, 4) is 0 Å². The Morgan fingerprint density at radius 3 is 2.87 bits per heavy atom. The van der Waals surface area contributed by atoms with E-state index in [0.717, 1.165) is 24.2 Å². The maximum atomic E-state index is 12.6. The van der Waals surface area contributed by atoms with Gasteiger partial charge in [-0.1, -0.05) is 11.3 Å². The summed E-state index contributed by atoms with van der Waals surface area (Å²) in [6, 6.07) is 0. The van der Waals surface area contributed by atoms with Gasteiger partial charge in [-0.2, -0.15) is 0 Å². The van der Waals surface area contributed by atoms with Crippen molar-refractivity contribution in [3.05, 3.63) is 11.1 Å². The highest BCUT2D eigenvalue weighted by Crippen LogP contribution is 2.32. The van der Waals surface area contributed by atoms with Gasteiger partial charge >= 0.3 is 6.09 Å². The zero-order valence-electron chi connectivity index (χ0n) is 13.0. The number of anilines is 1. The lowest BCUT2D eigenvalue weighted by Gasteiger charge is -2.38. The second kappa shape index (κ2) is 5.80. The van der Waals surface area contributed by atoms with Crippen LogP contribution in [0, 0.1) is 0 Å². The number of nitrogens with zero attached hydrogens (tertiary/aromatic N) is 3. The number of thiazole rings is 1. The molecular weight excluding hydrogens is 320 g/mol. The quantitative estimate of drug-likeness (QED) is 0.873. The van der Waals surface area contributed by atoms with Crippen molar-refractivity contribution < 1.29 is 19.1 Å². The third-order valence-electron chi connectivity index (χ3n) is 3.97. The molecule has 3 amide bonds. The fourth-order valence-corrected chi connectivity index (χ4v) is 3.84. The first-order valence-electron chi connectivity index (χ1n) is 7.35. The predicted octanol–water partition coefficient (Wildman–Crippen LogP) is 1.16. The van der Waals surface area contributed by atoms with Crippen LogP contribution in [0.3, 0.4) is 0 Å². The molecule has 2 aliphatic heterocycles. The molecule has 124 valence electrons. The molecule has 0 bridgehead atoms. The molecule has 0 radical (unpaired) electrons. The number of piperidine rings is 1. The van der Waals surface area contributed by atoms with Crippen molar-refractivity contribution >= 4 is 34.4 Å². The summed E-state index contributed by atoms with van der Waals surface area (Å²) in [5, 5.41) is 2.97. The maximum absolute atomic E-state index is 12.6. The van der Waals surface area contributed by atoms with Crippen molar-refractivity contribution in [1.82, 2.24) is 14.8 Å². The molecule has 0 saturated carbocycles. The van der Waals surface area contributed by atoms with Gasteiger partial charge in [0.25, 0.3) is 5.91 Å². The third kappa shape index (κ3) is 3.14. The summed E-state index contributed by atoms with van der Waals surface area (Å²) in [6.07, 6.45) is 2.66. The van der Waals surface area contributed by atoms with Crippen LogP contribution in [0.5, 0.6) is 0 Å². The second-order valence-electron chi connectivity index (χ2n) is 5.95. The Balaban J connectivity index is 1.71. The zero-order chi connectivity index (χ0) is 16.6. The van der Waals surface area contributed by atoms with E-state index in [9.17, 15) is 14.4 Å². The van der Waals surface area contributed by atoms with Gasteiger partial charge in [-0.05, 0) is 12.8 Å². The van der Waals surface area contributed by atoms with Gasteiger partial charge < -0.3 is 19.9 Å². The Bertz CT molecular complexity index is 661. The molecule has 1 spiro atoms. The number of hydrogen-bond donors (Lipinski definition) is 1. The topological polar surface area (TPSA) is 91.8 Å². The van der Waals surface area contributed by atoms with E-state index in [0.29, 0.717) is 29.6 Å². The lowest BCUT2D eigenvalue weighted by atomic mass is 9.92. The molecule has 1 aromatic heterocycles. The average molecular weight is 338 g/mol. The molecule has 1 atom stereocenters.